The molecule has 0 amide bonds. The highest BCUT2D eigenvalue weighted by atomic mass is 32.1. The van der Waals surface area contributed by atoms with E-state index in [-0.39, 0.29) is 0 Å². The first-order chi connectivity index (χ1) is 12.7. The zero-order valence-corrected chi connectivity index (χ0v) is 16.0. The Balaban J connectivity index is 1.45. The Labute approximate surface area is 160 Å². The zero-order valence-electron chi connectivity index (χ0n) is 15.2. The first-order valence-corrected chi connectivity index (χ1v) is 9.16. The molecule has 0 unspecified atom stereocenters. The van der Waals surface area contributed by atoms with Crippen molar-refractivity contribution in [1.29, 1.82) is 0 Å². The average Bonchev–Trinajstić information content (AvgIpc) is 3.15. The minimum atomic E-state index is 0.571. The molecule has 1 aliphatic heterocycles. The lowest BCUT2D eigenvalue weighted by molar-refractivity contribution is 0.415. The first kappa shape index (κ1) is 18.3. The molecule has 0 aliphatic carbocycles. The van der Waals surface area contributed by atoms with Gasteiger partial charge in [-0.1, -0.05) is 6.07 Å². The second-order valence-corrected chi connectivity index (χ2v) is 6.77. The Hall–Kier alpha value is -2.47. The molecule has 1 heterocycles. The molecule has 0 spiro atoms. The van der Waals surface area contributed by atoms with Crippen LogP contribution in [0.3, 0.4) is 0 Å². The van der Waals surface area contributed by atoms with Crippen LogP contribution < -0.4 is 25.0 Å². The third kappa shape index (κ3) is 4.79. The van der Waals surface area contributed by atoms with Crippen molar-refractivity contribution in [2.24, 2.45) is 5.92 Å². The van der Waals surface area contributed by atoms with Crippen LogP contribution in [0.5, 0.6) is 11.5 Å². The summed E-state index contributed by atoms with van der Waals surface area (Å²) in [6.07, 6.45) is 1.15. The fourth-order valence-electron chi connectivity index (χ4n) is 3.14. The molecule has 0 saturated carbocycles. The first-order valence-electron chi connectivity index (χ1n) is 8.76. The van der Waals surface area contributed by atoms with Gasteiger partial charge in [-0.15, -0.1) is 0 Å². The molecule has 2 aromatic carbocycles. The van der Waals surface area contributed by atoms with Gasteiger partial charge in [-0.25, -0.2) is 0 Å². The van der Waals surface area contributed by atoms with E-state index in [1.54, 1.807) is 14.2 Å². The Morgan fingerprint density at radius 3 is 2.62 bits per heavy atom. The lowest BCUT2D eigenvalue weighted by Crippen LogP contribution is -2.34. The molecule has 0 bridgehead atoms. The van der Waals surface area contributed by atoms with Crippen LogP contribution in [0.2, 0.25) is 0 Å². The third-order valence-electron chi connectivity index (χ3n) is 4.60. The topological polar surface area (TPSA) is 45.8 Å². The Bertz CT molecular complexity index is 736. The maximum absolute atomic E-state index is 5.41. The Morgan fingerprint density at radius 2 is 1.88 bits per heavy atom. The second kappa shape index (κ2) is 8.76. The van der Waals surface area contributed by atoms with Gasteiger partial charge in [0.05, 0.1) is 14.2 Å². The normalized spacial score (nSPS) is 16.2. The summed E-state index contributed by atoms with van der Waals surface area (Å²) >= 11 is 5.41. The van der Waals surface area contributed by atoms with Crippen LogP contribution in [0, 0.1) is 5.92 Å². The highest BCUT2D eigenvalue weighted by Crippen LogP contribution is 2.25. The van der Waals surface area contributed by atoms with Crippen LogP contribution in [0.15, 0.2) is 48.5 Å². The third-order valence-corrected chi connectivity index (χ3v) is 4.85. The van der Waals surface area contributed by atoms with Crippen molar-refractivity contribution >= 4 is 28.7 Å². The van der Waals surface area contributed by atoms with E-state index in [2.05, 4.69) is 27.7 Å². The van der Waals surface area contributed by atoms with Crippen molar-refractivity contribution in [3.05, 3.63) is 48.5 Å². The van der Waals surface area contributed by atoms with Crippen LogP contribution >= 0.6 is 12.2 Å². The minimum absolute atomic E-state index is 0.571. The number of methoxy groups -OCH3 is 2. The van der Waals surface area contributed by atoms with Gasteiger partial charge in [0.1, 0.15) is 11.5 Å². The van der Waals surface area contributed by atoms with E-state index in [4.69, 9.17) is 21.7 Å². The fraction of sp³-hybridized carbons (Fsp3) is 0.350. The smallest absolute Gasteiger partial charge is 0.170 e. The molecule has 2 aromatic rings. The SMILES string of the molecule is COc1ccc(N2CC[C@@H](CNC(=S)Nc3cccc(OC)c3)C2)cc1. The number of hydrogen-bond acceptors (Lipinski definition) is 4. The van der Waals surface area contributed by atoms with E-state index >= 15 is 0 Å². The van der Waals surface area contributed by atoms with E-state index in [0.717, 1.165) is 43.2 Å². The zero-order chi connectivity index (χ0) is 18.4. The van der Waals surface area contributed by atoms with E-state index in [1.807, 2.05) is 36.4 Å². The predicted octanol–water partition coefficient (Wildman–Crippen LogP) is 3.52. The standard InChI is InChI=1S/C20H25N3O2S/c1-24-18-8-6-17(7-9-18)23-11-10-15(14-23)13-21-20(26)22-16-4-3-5-19(12-16)25-2/h3-9,12,15H,10-11,13-14H2,1-2H3,(H2,21,22,26)/t15-/m0/s1. The number of nitrogens with one attached hydrogen (secondary N) is 2. The molecule has 3 rings (SSSR count). The summed E-state index contributed by atoms with van der Waals surface area (Å²) in [4.78, 5) is 2.41. The van der Waals surface area contributed by atoms with Crippen LogP contribution in [-0.2, 0) is 0 Å². The number of ether oxygens (including phenoxy) is 2. The molecule has 0 aromatic heterocycles. The largest absolute Gasteiger partial charge is 0.497 e. The number of nitrogens with zero attached hydrogens (tertiary/aromatic N) is 1. The van der Waals surface area contributed by atoms with Gasteiger partial charge in [-0.05, 0) is 61.0 Å². The Kier molecular flexibility index (Phi) is 6.17. The van der Waals surface area contributed by atoms with Gasteiger partial charge >= 0.3 is 0 Å². The highest BCUT2D eigenvalue weighted by Gasteiger charge is 2.22. The number of thiocarbonyl (C=S) groups is 1. The molecule has 1 saturated heterocycles. The van der Waals surface area contributed by atoms with Crippen molar-refractivity contribution in [3.63, 3.8) is 0 Å². The van der Waals surface area contributed by atoms with Crippen LogP contribution in [0.4, 0.5) is 11.4 Å². The maximum atomic E-state index is 5.41. The van der Waals surface area contributed by atoms with E-state index in [0.29, 0.717) is 11.0 Å². The minimum Gasteiger partial charge on any atom is -0.497 e. The molecule has 1 atom stereocenters. The van der Waals surface area contributed by atoms with E-state index in [1.165, 1.54) is 5.69 Å². The van der Waals surface area contributed by atoms with E-state index < -0.39 is 0 Å². The summed E-state index contributed by atoms with van der Waals surface area (Å²) in [7, 11) is 3.35. The quantitative estimate of drug-likeness (QED) is 0.758. The van der Waals surface area contributed by atoms with Gasteiger partial charge in [-0.2, -0.15) is 0 Å². The number of anilines is 2. The molecule has 138 valence electrons. The molecular weight excluding hydrogens is 346 g/mol. The summed E-state index contributed by atoms with van der Waals surface area (Å²) in [6, 6.07) is 16.0. The van der Waals surface area contributed by atoms with Crippen LogP contribution in [0.1, 0.15) is 6.42 Å². The van der Waals surface area contributed by atoms with Gasteiger partial charge in [-0.3, -0.25) is 0 Å². The molecule has 26 heavy (non-hydrogen) atoms. The summed E-state index contributed by atoms with van der Waals surface area (Å²) < 4.78 is 10.5. The second-order valence-electron chi connectivity index (χ2n) is 6.37. The molecule has 2 N–H and O–H groups in total. The number of benzene rings is 2. The fourth-order valence-corrected chi connectivity index (χ4v) is 3.34. The summed E-state index contributed by atoms with van der Waals surface area (Å²) in [5, 5.41) is 7.18. The van der Waals surface area contributed by atoms with Crippen molar-refractivity contribution in [2.75, 3.05) is 44.1 Å². The van der Waals surface area contributed by atoms with Crippen LogP contribution in [-0.4, -0.2) is 39.0 Å². The molecule has 6 heteroatoms. The Morgan fingerprint density at radius 1 is 1.12 bits per heavy atom. The lowest BCUT2D eigenvalue weighted by atomic mass is 10.1. The maximum Gasteiger partial charge on any atom is 0.170 e. The molecule has 0 radical (unpaired) electrons. The predicted molar refractivity (Wildman–Crippen MR) is 111 cm³/mol. The highest BCUT2D eigenvalue weighted by molar-refractivity contribution is 7.80. The molecule has 5 nitrogen and oxygen atoms in total. The molecular formula is C20H25N3O2S. The monoisotopic (exact) mass is 371 g/mol. The average molecular weight is 372 g/mol. The molecule has 1 aliphatic rings. The summed E-state index contributed by atoms with van der Waals surface area (Å²) in [5.41, 5.74) is 2.17. The lowest BCUT2D eigenvalue weighted by Gasteiger charge is -2.19. The van der Waals surface area contributed by atoms with Gasteiger partial charge in [0, 0.05) is 37.1 Å². The number of rotatable bonds is 6. The van der Waals surface area contributed by atoms with Gasteiger partial charge in [0.15, 0.2) is 5.11 Å². The number of hydrogen-bond donors (Lipinski definition) is 2. The van der Waals surface area contributed by atoms with Crippen molar-refractivity contribution < 1.29 is 9.47 Å². The molecule has 1 fully saturated rings. The van der Waals surface area contributed by atoms with Gasteiger partial charge in [0.2, 0.25) is 0 Å². The van der Waals surface area contributed by atoms with Crippen molar-refractivity contribution in [3.8, 4) is 11.5 Å². The summed E-state index contributed by atoms with van der Waals surface area (Å²) in [6.45, 7) is 2.96. The summed E-state index contributed by atoms with van der Waals surface area (Å²) in [5.74, 6) is 2.27. The van der Waals surface area contributed by atoms with Crippen LogP contribution in [0.25, 0.3) is 0 Å². The van der Waals surface area contributed by atoms with E-state index in [9.17, 15) is 0 Å². The van der Waals surface area contributed by atoms with Crippen molar-refractivity contribution in [1.82, 2.24) is 5.32 Å². The van der Waals surface area contributed by atoms with Gasteiger partial charge < -0.3 is 25.0 Å². The van der Waals surface area contributed by atoms with Crippen molar-refractivity contribution in [2.45, 2.75) is 6.42 Å². The van der Waals surface area contributed by atoms with Gasteiger partial charge in [0.25, 0.3) is 0 Å².